The smallest absolute Gasteiger partial charge is 0.246 e. The zero-order valence-electron chi connectivity index (χ0n) is 8.31. The molecule has 74 valence electrons. The van der Waals surface area contributed by atoms with Crippen LogP contribution in [0.5, 0.6) is 0 Å². The van der Waals surface area contributed by atoms with Crippen molar-refractivity contribution in [2.75, 3.05) is 6.54 Å². The maximum absolute atomic E-state index is 11.4. The van der Waals surface area contributed by atoms with Crippen molar-refractivity contribution in [3.63, 3.8) is 0 Å². The summed E-state index contributed by atoms with van der Waals surface area (Å²) in [5.74, 6) is 0.0179. The van der Waals surface area contributed by atoms with Crippen LogP contribution in [0, 0.1) is 0 Å². The molecule has 0 aliphatic carbocycles. The maximum atomic E-state index is 11.4. The Morgan fingerprint density at radius 1 is 1.71 bits per heavy atom. The standard InChI is InChI=1S/C11H14N2O/c1-3-11(14)12-7-9(2)13-6-4-5-10(13)8-12/h3-6,9H,1,7-8H2,2H3/t9-/m0/s1. The molecule has 0 radical (unpaired) electrons. The first-order valence-corrected chi connectivity index (χ1v) is 4.79. The lowest BCUT2D eigenvalue weighted by Crippen LogP contribution is -2.38. The van der Waals surface area contributed by atoms with Crippen LogP contribution in [0.3, 0.4) is 0 Å². The minimum absolute atomic E-state index is 0.0179. The lowest BCUT2D eigenvalue weighted by molar-refractivity contribution is -0.127. The molecule has 0 saturated heterocycles. The molecule has 0 aromatic carbocycles. The van der Waals surface area contributed by atoms with E-state index in [-0.39, 0.29) is 5.91 Å². The summed E-state index contributed by atoms with van der Waals surface area (Å²) in [5.41, 5.74) is 1.19. The highest BCUT2D eigenvalue weighted by Crippen LogP contribution is 2.21. The molecule has 1 aliphatic heterocycles. The molecule has 1 aromatic heterocycles. The molecule has 0 N–H and O–H groups in total. The van der Waals surface area contributed by atoms with E-state index in [1.807, 2.05) is 11.0 Å². The van der Waals surface area contributed by atoms with E-state index in [1.165, 1.54) is 11.8 Å². The third-order valence-corrected chi connectivity index (χ3v) is 2.67. The number of carbonyl (C=O) groups is 1. The number of hydrogen-bond donors (Lipinski definition) is 0. The Bertz CT molecular complexity index is 367. The van der Waals surface area contributed by atoms with Gasteiger partial charge in [0.2, 0.25) is 5.91 Å². The average molecular weight is 190 g/mol. The van der Waals surface area contributed by atoms with E-state index >= 15 is 0 Å². The zero-order chi connectivity index (χ0) is 10.1. The number of hydrogen-bond acceptors (Lipinski definition) is 1. The molecule has 1 amide bonds. The molecule has 0 saturated carbocycles. The van der Waals surface area contributed by atoms with Gasteiger partial charge in [-0.15, -0.1) is 0 Å². The topological polar surface area (TPSA) is 25.2 Å². The van der Waals surface area contributed by atoms with E-state index in [1.54, 1.807) is 0 Å². The van der Waals surface area contributed by atoms with Crippen molar-refractivity contribution in [2.45, 2.75) is 19.5 Å². The number of amides is 1. The second kappa shape index (κ2) is 3.33. The Balaban J connectivity index is 2.25. The summed E-state index contributed by atoms with van der Waals surface area (Å²) in [5, 5.41) is 0. The summed E-state index contributed by atoms with van der Waals surface area (Å²) in [6.07, 6.45) is 3.45. The number of fused-ring (bicyclic) bond motifs is 1. The van der Waals surface area contributed by atoms with Gasteiger partial charge in [-0.25, -0.2) is 0 Å². The van der Waals surface area contributed by atoms with Gasteiger partial charge < -0.3 is 9.47 Å². The fraction of sp³-hybridized carbons (Fsp3) is 0.364. The van der Waals surface area contributed by atoms with Gasteiger partial charge in [-0.1, -0.05) is 6.58 Å². The molecule has 3 nitrogen and oxygen atoms in total. The highest BCUT2D eigenvalue weighted by atomic mass is 16.2. The van der Waals surface area contributed by atoms with Crippen molar-refractivity contribution in [1.82, 2.24) is 9.47 Å². The quantitative estimate of drug-likeness (QED) is 0.617. The molecule has 3 heteroatoms. The van der Waals surface area contributed by atoms with E-state index in [2.05, 4.69) is 30.3 Å². The van der Waals surface area contributed by atoms with Gasteiger partial charge in [0.1, 0.15) is 0 Å². The van der Waals surface area contributed by atoms with Gasteiger partial charge in [-0.05, 0) is 25.1 Å². The number of carbonyl (C=O) groups excluding carboxylic acids is 1. The van der Waals surface area contributed by atoms with Crippen LogP contribution in [0.1, 0.15) is 18.7 Å². The summed E-state index contributed by atoms with van der Waals surface area (Å²) in [7, 11) is 0. The first kappa shape index (κ1) is 9.06. The van der Waals surface area contributed by atoms with Crippen molar-refractivity contribution in [3.8, 4) is 0 Å². The lowest BCUT2D eigenvalue weighted by atomic mass is 10.2. The fourth-order valence-electron chi connectivity index (χ4n) is 1.96. The number of rotatable bonds is 1. The summed E-state index contributed by atoms with van der Waals surface area (Å²) in [6.45, 7) is 7.09. The molecule has 2 heterocycles. The highest BCUT2D eigenvalue weighted by molar-refractivity contribution is 5.87. The van der Waals surface area contributed by atoms with Crippen molar-refractivity contribution >= 4 is 5.91 Å². The Hall–Kier alpha value is -1.51. The predicted molar refractivity (Wildman–Crippen MR) is 54.8 cm³/mol. The largest absolute Gasteiger partial charge is 0.345 e. The SMILES string of the molecule is C=CC(=O)N1Cc2cccn2[C@@H](C)C1. The molecule has 0 fully saturated rings. The first-order chi connectivity index (χ1) is 6.72. The van der Waals surface area contributed by atoms with Crippen LogP contribution in [-0.4, -0.2) is 21.9 Å². The fourth-order valence-corrected chi connectivity index (χ4v) is 1.96. The Kier molecular flexibility index (Phi) is 2.15. The molecular weight excluding hydrogens is 176 g/mol. The first-order valence-electron chi connectivity index (χ1n) is 4.79. The molecule has 1 atom stereocenters. The van der Waals surface area contributed by atoms with E-state index in [4.69, 9.17) is 0 Å². The molecule has 0 spiro atoms. The van der Waals surface area contributed by atoms with E-state index < -0.39 is 0 Å². The average Bonchev–Trinajstić information content (AvgIpc) is 2.64. The van der Waals surface area contributed by atoms with Crippen LogP contribution in [0.4, 0.5) is 0 Å². The minimum Gasteiger partial charge on any atom is -0.345 e. The maximum Gasteiger partial charge on any atom is 0.246 e. The molecule has 0 bridgehead atoms. The third-order valence-electron chi connectivity index (χ3n) is 2.67. The second-order valence-electron chi connectivity index (χ2n) is 3.68. The van der Waals surface area contributed by atoms with Gasteiger partial charge in [0.05, 0.1) is 6.54 Å². The van der Waals surface area contributed by atoms with Crippen molar-refractivity contribution < 1.29 is 4.79 Å². The molecule has 14 heavy (non-hydrogen) atoms. The van der Waals surface area contributed by atoms with Crippen molar-refractivity contribution in [2.24, 2.45) is 0 Å². The molecular formula is C11H14N2O. The highest BCUT2D eigenvalue weighted by Gasteiger charge is 2.22. The van der Waals surface area contributed by atoms with Crippen LogP contribution in [0.2, 0.25) is 0 Å². The van der Waals surface area contributed by atoms with Gasteiger partial charge in [-0.2, -0.15) is 0 Å². The zero-order valence-corrected chi connectivity index (χ0v) is 8.31. The number of aromatic nitrogens is 1. The molecule has 0 unspecified atom stereocenters. The monoisotopic (exact) mass is 190 g/mol. The summed E-state index contributed by atoms with van der Waals surface area (Å²) in [4.78, 5) is 13.3. The Morgan fingerprint density at radius 3 is 3.21 bits per heavy atom. The van der Waals surface area contributed by atoms with Crippen molar-refractivity contribution in [3.05, 3.63) is 36.7 Å². The molecule has 1 aromatic rings. The van der Waals surface area contributed by atoms with Crippen LogP contribution in [0.15, 0.2) is 31.0 Å². The van der Waals surface area contributed by atoms with Gasteiger partial charge in [-0.3, -0.25) is 4.79 Å². The van der Waals surface area contributed by atoms with Crippen LogP contribution in [-0.2, 0) is 11.3 Å². The minimum atomic E-state index is 0.0179. The Labute approximate surface area is 83.6 Å². The van der Waals surface area contributed by atoms with Gasteiger partial charge >= 0.3 is 0 Å². The van der Waals surface area contributed by atoms with E-state index in [9.17, 15) is 4.79 Å². The van der Waals surface area contributed by atoms with Gasteiger partial charge in [0.25, 0.3) is 0 Å². The van der Waals surface area contributed by atoms with Gasteiger partial charge in [0, 0.05) is 24.5 Å². The third kappa shape index (κ3) is 1.35. The van der Waals surface area contributed by atoms with Crippen molar-refractivity contribution in [1.29, 1.82) is 0 Å². The predicted octanol–water partition coefficient (Wildman–Crippen LogP) is 1.58. The lowest BCUT2D eigenvalue weighted by Gasteiger charge is -2.32. The van der Waals surface area contributed by atoms with E-state index in [0.29, 0.717) is 12.6 Å². The normalized spacial score (nSPS) is 20.4. The van der Waals surface area contributed by atoms with E-state index in [0.717, 1.165) is 6.54 Å². The second-order valence-corrected chi connectivity index (χ2v) is 3.68. The number of nitrogens with zero attached hydrogens (tertiary/aromatic N) is 2. The van der Waals surface area contributed by atoms with Crippen LogP contribution >= 0.6 is 0 Å². The van der Waals surface area contributed by atoms with Crippen LogP contribution < -0.4 is 0 Å². The molecule has 2 rings (SSSR count). The van der Waals surface area contributed by atoms with Crippen LogP contribution in [0.25, 0.3) is 0 Å². The summed E-state index contributed by atoms with van der Waals surface area (Å²) >= 11 is 0. The summed E-state index contributed by atoms with van der Waals surface area (Å²) < 4.78 is 2.22. The Morgan fingerprint density at radius 2 is 2.50 bits per heavy atom. The molecule has 1 aliphatic rings. The van der Waals surface area contributed by atoms with Gasteiger partial charge in [0.15, 0.2) is 0 Å². The summed E-state index contributed by atoms with van der Waals surface area (Å²) in [6, 6.07) is 4.44.